The third-order valence-corrected chi connectivity index (χ3v) is 1.94. The number of carbonyl (C=O) groups is 1. The van der Waals surface area contributed by atoms with Crippen LogP contribution < -0.4 is 5.32 Å². The Morgan fingerprint density at radius 1 is 1.55 bits per heavy atom. The van der Waals surface area contributed by atoms with Crippen molar-refractivity contribution in [3.8, 4) is 0 Å². The summed E-state index contributed by atoms with van der Waals surface area (Å²) >= 11 is 0. The monoisotopic (exact) mass is 152 g/mol. The zero-order chi connectivity index (χ0) is 8.10. The molecule has 1 amide bonds. The second-order valence-corrected chi connectivity index (χ2v) is 2.87. The molecule has 60 valence electrons. The van der Waals surface area contributed by atoms with E-state index in [1.54, 1.807) is 0 Å². The molecule has 1 aliphatic rings. The van der Waals surface area contributed by atoms with Gasteiger partial charge < -0.3 is 10.2 Å². The SMILES string of the molecule is [C-]#[N+]CC(=O)NC1CCCC1. The van der Waals surface area contributed by atoms with E-state index in [1.165, 1.54) is 12.8 Å². The largest absolute Gasteiger partial charge is 0.347 e. The van der Waals surface area contributed by atoms with Gasteiger partial charge in [-0.2, -0.15) is 0 Å². The van der Waals surface area contributed by atoms with Gasteiger partial charge in [0.05, 0.1) is 0 Å². The highest BCUT2D eigenvalue weighted by Gasteiger charge is 2.17. The highest BCUT2D eigenvalue weighted by molar-refractivity contribution is 5.79. The van der Waals surface area contributed by atoms with E-state index in [1.807, 2.05) is 0 Å². The van der Waals surface area contributed by atoms with Gasteiger partial charge in [-0.3, -0.25) is 4.79 Å². The van der Waals surface area contributed by atoms with Crippen molar-refractivity contribution in [2.75, 3.05) is 6.54 Å². The van der Waals surface area contributed by atoms with Crippen LogP contribution in [0.1, 0.15) is 25.7 Å². The molecule has 1 fully saturated rings. The Labute approximate surface area is 66.6 Å². The fourth-order valence-electron chi connectivity index (χ4n) is 1.42. The van der Waals surface area contributed by atoms with Crippen molar-refractivity contribution in [2.24, 2.45) is 0 Å². The van der Waals surface area contributed by atoms with Gasteiger partial charge >= 0.3 is 0 Å². The summed E-state index contributed by atoms with van der Waals surface area (Å²) in [4.78, 5) is 13.9. The summed E-state index contributed by atoms with van der Waals surface area (Å²) < 4.78 is 0. The number of rotatable bonds is 2. The average molecular weight is 152 g/mol. The molecule has 0 radical (unpaired) electrons. The number of nitrogens with one attached hydrogen (secondary N) is 1. The molecule has 0 aromatic rings. The minimum Gasteiger partial charge on any atom is -0.347 e. The summed E-state index contributed by atoms with van der Waals surface area (Å²) in [6.07, 6.45) is 4.60. The molecule has 0 spiro atoms. The summed E-state index contributed by atoms with van der Waals surface area (Å²) in [5.74, 6) is -0.119. The first kappa shape index (κ1) is 8.06. The topological polar surface area (TPSA) is 33.5 Å². The van der Waals surface area contributed by atoms with E-state index in [0.29, 0.717) is 6.04 Å². The summed E-state index contributed by atoms with van der Waals surface area (Å²) in [6.45, 7) is 6.45. The molecule has 0 aromatic heterocycles. The maximum absolute atomic E-state index is 10.9. The van der Waals surface area contributed by atoms with Crippen LogP contribution in [0.5, 0.6) is 0 Å². The van der Waals surface area contributed by atoms with Gasteiger partial charge in [-0.25, -0.2) is 6.57 Å². The van der Waals surface area contributed by atoms with E-state index in [2.05, 4.69) is 10.2 Å². The lowest BCUT2D eigenvalue weighted by Gasteiger charge is -2.07. The molecule has 3 heteroatoms. The molecule has 1 saturated carbocycles. The summed E-state index contributed by atoms with van der Waals surface area (Å²) in [6, 6.07) is 0.351. The Hall–Kier alpha value is -1.04. The molecule has 0 aliphatic heterocycles. The molecule has 1 N–H and O–H groups in total. The van der Waals surface area contributed by atoms with E-state index in [4.69, 9.17) is 6.57 Å². The van der Waals surface area contributed by atoms with E-state index < -0.39 is 0 Å². The number of hydrogen-bond donors (Lipinski definition) is 1. The molecule has 0 heterocycles. The first-order chi connectivity index (χ1) is 5.33. The third kappa shape index (κ3) is 2.58. The van der Waals surface area contributed by atoms with Gasteiger partial charge in [0.2, 0.25) is 0 Å². The standard InChI is InChI=1S/C8H12N2O/c1-9-6-8(11)10-7-4-2-3-5-7/h7H,2-6H2,(H,10,11). The number of nitrogens with zero attached hydrogens (tertiary/aromatic N) is 1. The van der Waals surface area contributed by atoms with Crippen molar-refractivity contribution >= 4 is 5.91 Å². The van der Waals surface area contributed by atoms with Crippen molar-refractivity contribution < 1.29 is 4.79 Å². The van der Waals surface area contributed by atoms with Gasteiger partial charge in [0.1, 0.15) is 0 Å². The van der Waals surface area contributed by atoms with Gasteiger partial charge in [-0.15, -0.1) is 0 Å². The zero-order valence-corrected chi connectivity index (χ0v) is 6.47. The Morgan fingerprint density at radius 3 is 2.73 bits per heavy atom. The summed E-state index contributed by atoms with van der Waals surface area (Å²) in [5, 5.41) is 2.83. The van der Waals surface area contributed by atoms with Crippen molar-refractivity contribution in [3.63, 3.8) is 0 Å². The molecule has 3 nitrogen and oxygen atoms in total. The predicted molar refractivity (Wildman–Crippen MR) is 41.9 cm³/mol. The number of carbonyl (C=O) groups excluding carboxylic acids is 1. The Kier molecular flexibility index (Phi) is 2.91. The maximum Gasteiger partial charge on any atom is 0.300 e. The van der Waals surface area contributed by atoms with Gasteiger partial charge in [0.25, 0.3) is 12.5 Å². The molecule has 1 aliphatic carbocycles. The van der Waals surface area contributed by atoms with Crippen LogP contribution in [0.2, 0.25) is 0 Å². The zero-order valence-electron chi connectivity index (χ0n) is 6.47. The third-order valence-electron chi connectivity index (χ3n) is 1.94. The second kappa shape index (κ2) is 3.97. The van der Waals surface area contributed by atoms with E-state index >= 15 is 0 Å². The van der Waals surface area contributed by atoms with Crippen LogP contribution in [0.4, 0.5) is 0 Å². The number of hydrogen-bond acceptors (Lipinski definition) is 1. The molecule has 0 aromatic carbocycles. The normalized spacial score (nSPS) is 17.7. The molecule has 1 rings (SSSR count). The first-order valence-electron chi connectivity index (χ1n) is 3.95. The quantitative estimate of drug-likeness (QED) is 0.587. The predicted octanol–water partition coefficient (Wildman–Crippen LogP) is 0.964. The first-order valence-corrected chi connectivity index (χ1v) is 3.95. The van der Waals surface area contributed by atoms with E-state index in [-0.39, 0.29) is 12.5 Å². The Bertz CT molecular complexity index is 177. The van der Waals surface area contributed by atoms with Crippen LogP contribution in [-0.4, -0.2) is 18.5 Å². The lowest BCUT2D eigenvalue weighted by molar-refractivity contribution is -0.119. The fraction of sp³-hybridized carbons (Fsp3) is 0.750. The van der Waals surface area contributed by atoms with Crippen LogP contribution in [0, 0.1) is 6.57 Å². The minimum atomic E-state index is -0.119. The van der Waals surface area contributed by atoms with Gasteiger partial charge in [-0.1, -0.05) is 12.8 Å². The lowest BCUT2D eigenvalue weighted by atomic mass is 10.2. The average Bonchev–Trinajstić information content (AvgIpc) is 2.40. The second-order valence-electron chi connectivity index (χ2n) is 2.87. The summed E-state index contributed by atoms with van der Waals surface area (Å²) in [7, 11) is 0. The molecular formula is C8H12N2O. The Morgan fingerprint density at radius 2 is 2.18 bits per heavy atom. The lowest BCUT2D eigenvalue weighted by Crippen LogP contribution is -2.33. The van der Waals surface area contributed by atoms with Gasteiger partial charge in [-0.05, 0) is 12.8 Å². The number of amides is 1. The molecule has 0 saturated heterocycles. The highest BCUT2D eigenvalue weighted by atomic mass is 16.1. The maximum atomic E-state index is 10.9. The van der Waals surface area contributed by atoms with E-state index in [0.717, 1.165) is 12.8 Å². The smallest absolute Gasteiger partial charge is 0.300 e. The van der Waals surface area contributed by atoms with Crippen LogP contribution in [0.25, 0.3) is 4.85 Å². The molecule has 0 atom stereocenters. The highest BCUT2D eigenvalue weighted by Crippen LogP contribution is 2.17. The molecule has 0 bridgehead atoms. The van der Waals surface area contributed by atoms with Crippen LogP contribution in [0.15, 0.2) is 0 Å². The van der Waals surface area contributed by atoms with Crippen LogP contribution in [0.3, 0.4) is 0 Å². The Balaban J connectivity index is 2.19. The fourth-order valence-corrected chi connectivity index (χ4v) is 1.42. The summed E-state index contributed by atoms with van der Waals surface area (Å²) in [5.41, 5.74) is 0. The van der Waals surface area contributed by atoms with Crippen LogP contribution in [-0.2, 0) is 4.79 Å². The van der Waals surface area contributed by atoms with Crippen molar-refractivity contribution in [1.29, 1.82) is 0 Å². The van der Waals surface area contributed by atoms with Crippen molar-refractivity contribution in [3.05, 3.63) is 11.4 Å². The molecule has 0 unspecified atom stereocenters. The van der Waals surface area contributed by atoms with E-state index in [9.17, 15) is 4.79 Å². The van der Waals surface area contributed by atoms with Gasteiger partial charge in [0, 0.05) is 6.04 Å². The van der Waals surface area contributed by atoms with Crippen molar-refractivity contribution in [1.82, 2.24) is 5.32 Å². The van der Waals surface area contributed by atoms with Crippen LogP contribution >= 0.6 is 0 Å². The molecule has 11 heavy (non-hydrogen) atoms. The van der Waals surface area contributed by atoms with Gasteiger partial charge in [0.15, 0.2) is 0 Å². The van der Waals surface area contributed by atoms with Crippen molar-refractivity contribution in [2.45, 2.75) is 31.7 Å². The minimum absolute atomic E-state index is 0.0174. The molecular weight excluding hydrogens is 140 g/mol.